The molecule has 0 bridgehead atoms. The second-order valence-electron chi connectivity index (χ2n) is 8.43. The average molecular weight is 501 g/mol. The number of cyclic esters (lactones) is 1. The van der Waals surface area contributed by atoms with Crippen molar-refractivity contribution >= 4 is 34.8 Å². The number of halogens is 3. The van der Waals surface area contributed by atoms with E-state index in [1.54, 1.807) is 0 Å². The summed E-state index contributed by atoms with van der Waals surface area (Å²) in [6.45, 7) is 5.89. The molecule has 1 atom stereocenters. The van der Waals surface area contributed by atoms with Gasteiger partial charge < -0.3 is 13.3 Å². The number of ether oxygens (including phenoxy) is 1. The number of carbonyl (C=O) groups is 1. The van der Waals surface area contributed by atoms with Crippen LogP contribution in [0, 0.1) is 0 Å². The van der Waals surface area contributed by atoms with Crippen LogP contribution in [0.3, 0.4) is 0 Å². The highest BCUT2D eigenvalue weighted by molar-refractivity contribution is 7.87. The number of alkyl halides is 3. The van der Waals surface area contributed by atoms with Crippen molar-refractivity contribution in [3.8, 4) is 0 Å². The van der Waals surface area contributed by atoms with Crippen molar-refractivity contribution in [1.29, 1.82) is 0 Å². The SMILES string of the molecule is CC(C)(C)[Si](OC[C@@H]1C=C(OS(=O)(=O)C(F)(F)F)C(=O)O1)(c1ccccc1)c1ccccc1. The first-order valence-electron chi connectivity index (χ1n) is 9.96. The number of carbonyl (C=O) groups excluding carboxylic acids is 1. The Balaban J connectivity index is 1.94. The van der Waals surface area contributed by atoms with Crippen LogP contribution in [-0.4, -0.2) is 40.9 Å². The number of benzene rings is 2. The lowest BCUT2D eigenvalue weighted by Gasteiger charge is -2.43. The third-order valence-corrected chi connectivity index (χ3v) is 11.1. The molecule has 33 heavy (non-hydrogen) atoms. The van der Waals surface area contributed by atoms with Crippen molar-refractivity contribution in [2.24, 2.45) is 0 Å². The van der Waals surface area contributed by atoms with Gasteiger partial charge in [-0.15, -0.1) is 0 Å². The maximum absolute atomic E-state index is 12.6. The summed E-state index contributed by atoms with van der Waals surface area (Å²) in [6, 6.07) is 19.1. The minimum Gasteiger partial charge on any atom is -0.450 e. The number of hydrogen-bond acceptors (Lipinski definition) is 6. The fraction of sp³-hybridized carbons (Fsp3) is 0.318. The summed E-state index contributed by atoms with van der Waals surface area (Å²) in [5.74, 6) is -2.35. The van der Waals surface area contributed by atoms with Gasteiger partial charge in [-0.25, -0.2) is 4.79 Å². The first-order chi connectivity index (χ1) is 15.3. The summed E-state index contributed by atoms with van der Waals surface area (Å²) in [4.78, 5) is 12.0. The molecular formula is C22H23F3O6SSi. The van der Waals surface area contributed by atoms with Gasteiger partial charge in [0.15, 0.2) is 0 Å². The van der Waals surface area contributed by atoms with Gasteiger partial charge in [-0.05, 0) is 15.4 Å². The molecule has 2 aromatic carbocycles. The molecule has 0 N–H and O–H groups in total. The zero-order valence-electron chi connectivity index (χ0n) is 18.1. The molecule has 1 aliphatic heterocycles. The van der Waals surface area contributed by atoms with E-state index in [1.165, 1.54) is 0 Å². The zero-order chi connectivity index (χ0) is 24.5. The Morgan fingerprint density at radius 1 is 0.939 bits per heavy atom. The van der Waals surface area contributed by atoms with Crippen molar-refractivity contribution in [1.82, 2.24) is 0 Å². The number of rotatable bonds is 7. The topological polar surface area (TPSA) is 78.9 Å². The van der Waals surface area contributed by atoms with Crippen LogP contribution >= 0.6 is 0 Å². The van der Waals surface area contributed by atoms with Gasteiger partial charge in [0.05, 0.1) is 6.61 Å². The summed E-state index contributed by atoms with van der Waals surface area (Å²) in [5.41, 5.74) is -5.67. The predicted molar refractivity (Wildman–Crippen MR) is 118 cm³/mol. The molecule has 0 radical (unpaired) electrons. The van der Waals surface area contributed by atoms with Crippen molar-refractivity contribution in [2.75, 3.05) is 6.61 Å². The quantitative estimate of drug-likeness (QED) is 0.251. The van der Waals surface area contributed by atoms with Crippen molar-refractivity contribution in [2.45, 2.75) is 37.4 Å². The Labute approximate surface area is 191 Å². The van der Waals surface area contributed by atoms with Crippen molar-refractivity contribution in [3.05, 3.63) is 72.5 Å². The van der Waals surface area contributed by atoms with Gasteiger partial charge in [0.25, 0.3) is 8.32 Å². The molecule has 1 aliphatic rings. The molecule has 0 spiro atoms. The van der Waals surface area contributed by atoms with Gasteiger partial charge in [0.2, 0.25) is 5.76 Å². The number of hydrogen-bond donors (Lipinski definition) is 0. The molecule has 0 saturated heterocycles. The van der Waals surface area contributed by atoms with Crippen molar-refractivity contribution < 1.29 is 39.7 Å². The molecule has 1 heterocycles. The smallest absolute Gasteiger partial charge is 0.450 e. The van der Waals surface area contributed by atoms with E-state index in [-0.39, 0.29) is 11.6 Å². The highest BCUT2D eigenvalue weighted by atomic mass is 32.2. The molecular weight excluding hydrogens is 477 g/mol. The molecule has 0 aliphatic carbocycles. The molecule has 0 aromatic heterocycles. The summed E-state index contributed by atoms with van der Waals surface area (Å²) in [5, 5.41) is 1.52. The molecule has 0 amide bonds. The largest absolute Gasteiger partial charge is 0.534 e. The summed E-state index contributed by atoms with van der Waals surface area (Å²) in [6.07, 6.45) is -0.221. The van der Waals surface area contributed by atoms with Gasteiger partial charge in [-0.2, -0.15) is 21.6 Å². The Kier molecular flexibility index (Phi) is 6.78. The molecule has 11 heteroatoms. The van der Waals surface area contributed by atoms with E-state index < -0.39 is 41.8 Å². The van der Waals surface area contributed by atoms with E-state index in [2.05, 4.69) is 4.18 Å². The maximum Gasteiger partial charge on any atom is 0.534 e. The minimum atomic E-state index is -5.99. The fourth-order valence-electron chi connectivity index (χ4n) is 3.74. The molecule has 178 valence electrons. The third kappa shape index (κ3) is 4.99. The minimum absolute atomic E-state index is 0.196. The van der Waals surface area contributed by atoms with Gasteiger partial charge in [-0.3, -0.25) is 0 Å². The van der Waals surface area contributed by atoms with Crippen LogP contribution in [0.15, 0.2) is 72.5 Å². The molecule has 6 nitrogen and oxygen atoms in total. The molecule has 3 rings (SSSR count). The normalized spacial score (nSPS) is 17.5. The zero-order valence-corrected chi connectivity index (χ0v) is 19.9. The molecule has 2 aromatic rings. The lowest BCUT2D eigenvalue weighted by atomic mass is 10.2. The van der Waals surface area contributed by atoms with Crippen LogP contribution in [-0.2, 0) is 28.3 Å². The summed E-state index contributed by atoms with van der Waals surface area (Å²) >= 11 is 0. The van der Waals surface area contributed by atoms with Crippen LogP contribution in [0.5, 0.6) is 0 Å². The molecule has 0 fully saturated rings. The monoisotopic (exact) mass is 500 g/mol. The lowest BCUT2D eigenvalue weighted by Crippen LogP contribution is -2.67. The van der Waals surface area contributed by atoms with Gasteiger partial charge in [-0.1, -0.05) is 81.4 Å². The molecule has 0 saturated carbocycles. The lowest BCUT2D eigenvalue weighted by molar-refractivity contribution is -0.142. The standard InChI is InChI=1S/C22H23F3O6SSi/c1-21(2,3)33(17-10-6-4-7-11-17,18-12-8-5-9-13-18)29-15-16-14-19(20(26)30-16)31-32(27,28)22(23,24)25/h4-14,16H,15H2,1-3H3/t16-/m0/s1. The van der Waals surface area contributed by atoms with Gasteiger partial charge in [0.1, 0.15) is 6.10 Å². The van der Waals surface area contributed by atoms with Crippen LogP contribution in [0.4, 0.5) is 13.2 Å². The van der Waals surface area contributed by atoms with Crippen molar-refractivity contribution in [3.63, 3.8) is 0 Å². The van der Waals surface area contributed by atoms with Crippen LogP contribution < -0.4 is 10.4 Å². The van der Waals surface area contributed by atoms with E-state index in [1.807, 2.05) is 81.4 Å². The molecule has 0 unspecified atom stereocenters. The van der Waals surface area contributed by atoms with Crippen LogP contribution in [0.2, 0.25) is 5.04 Å². The Morgan fingerprint density at radius 3 is 1.85 bits per heavy atom. The summed E-state index contributed by atoms with van der Waals surface area (Å²) < 4.78 is 75.9. The number of esters is 1. The fourth-order valence-corrected chi connectivity index (χ4v) is 8.77. The van der Waals surface area contributed by atoms with Crippen LogP contribution in [0.25, 0.3) is 0 Å². The second-order valence-corrected chi connectivity index (χ2v) is 14.3. The highest BCUT2D eigenvalue weighted by Crippen LogP contribution is 2.37. The van der Waals surface area contributed by atoms with Gasteiger partial charge >= 0.3 is 21.6 Å². The average Bonchev–Trinajstić information content (AvgIpc) is 3.07. The second kappa shape index (κ2) is 8.96. The first kappa shape index (κ1) is 25.0. The van der Waals surface area contributed by atoms with Gasteiger partial charge in [0, 0.05) is 6.08 Å². The maximum atomic E-state index is 12.6. The van der Waals surface area contributed by atoms with Crippen LogP contribution in [0.1, 0.15) is 20.8 Å². The summed E-state index contributed by atoms with van der Waals surface area (Å²) in [7, 11) is -8.99. The Morgan fingerprint density at radius 2 is 1.42 bits per heavy atom. The Bertz CT molecular complexity index is 1090. The predicted octanol–water partition coefficient (Wildman–Crippen LogP) is 3.24. The first-order valence-corrected chi connectivity index (χ1v) is 13.3. The Hall–Kier alpha value is -2.63. The van der Waals surface area contributed by atoms with E-state index >= 15 is 0 Å². The third-order valence-electron chi connectivity index (χ3n) is 5.16. The van der Waals surface area contributed by atoms with E-state index in [0.29, 0.717) is 0 Å². The van der Waals surface area contributed by atoms with E-state index in [4.69, 9.17) is 9.16 Å². The van der Waals surface area contributed by atoms with E-state index in [0.717, 1.165) is 16.4 Å². The van der Waals surface area contributed by atoms with E-state index in [9.17, 15) is 26.4 Å². The highest BCUT2D eigenvalue weighted by Gasteiger charge is 2.52.